The van der Waals surface area contributed by atoms with Crippen molar-refractivity contribution in [2.24, 2.45) is 11.8 Å². The molecule has 27 heavy (non-hydrogen) atoms. The van der Waals surface area contributed by atoms with Gasteiger partial charge in [-0.25, -0.2) is 9.97 Å². The Hall–Kier alpha value is -2.40. The summed E-state index contributed by atoms with van der Waals surface area (Å²) in [7, 11) is 2.24. The van der Waals surface area contributed by atoms with E-state index in [2.05, 4.69) is 52.7 Å². The van der Waals surface area contributed by atoms with Gasteiger partial charge in [0.1, 0.15) is 11.9 Å². The molecular formula is C22H26N4O. The zero-order valence-corrected chi connectivity index (χ0v) is 16.0. The molecule has 1 aliphatic carbocycles. The fourth-order valence-corrected chi connectivity index (χ4v) is 5.18. The summed E-state index contributed by atoms with van der Waals surface area (Å²) in [5.74, 6) is 3.22. The van der Waals surface area contributed by atoms with Crippen molar-refractivity contribution in [1.29, 1.82) is 0 Å². The van der Waals surface area contributed by atoms with E-state index < -0.39 is 0 Å². The van der Waals surface area contributed by atoms with Gasteiger partial charge in [0.15, 0.2) is 0 Å². The lowest BCUT2D eigenvalue weighted by Gasteiger charge is -2.39. The maximum absolute atomic E-state index is 6.46. The topological polar surface area (TPSA) is 43.2 Å². The third-order valence-corrected chi connectivity index (χ3v) is 6.28. The molecule has 0 unspecified atom stereocenters. The lowest BCUT2D eigenvalue weighted by molar-refractivity contribution is 0.0522. The Kier molecular flexibility index (Phi) is 4.12. The van der Waals surface area contributed by atoms with E-state index in [0.29, 0.717) is 5.92 Å². The molecule has 140 valence electrons. The van der Waals surface area contributed by atoms with E-state index in [1.165, 1.54) is 18.6 Å². The van der Waals surface area contributed by atoms with E-state index in [1.807, 2.05) is 18.2 Å². The van der Waals surface area contributed by atoms with Crippen LogP contribution in [0.1, 0.15) is 24.7 Å². The van der Waals surface area contributed by atoms with Gasteiger partial charge in [0.25, 0.3) is 0 Å². The highest BCUT2D eigenvalue weighted by Gasteiger charge is 2.43. The van der Waals surface area contributed by atoms with Crippen LogP contribution in [0.2, 0.25) is 0 Å². The fraction of sp³-hybridized carbons (Fsp3) is 0.455. The Bertz CT molecular complexity index is 938. The largest absolute Gasteiger partial charge is 0.472 e. The van der Waals surface area contributed by atoms with Crippen molar-refractivity contribution in [2.45, 2.75) is 31.9 Å². The summed E-state index contributed by atoms with van der Waals surface area (Å²) in [5, 5.41) is 0. The van der Waals surface area contributed by atoms with Crippen LogP contribution < -0.4 is 4.74 Å². The lowest BCUT2D eigenvalue weighted by atomic mass is 9.77. The molecule has 1 saturated heterocycles. The second kappa shape index (κ2) is 6.64. The van der Waals surface area contributed by atoms with Crippen LogP contribution in [0.4, 0.5) is 0 Å². The van der Waals surface area contributed by atoms with Crippen LogP contribution in [0.15, 0.2) is 48.7 Å². The zero-order chi connectivity index (χ0) is 18.4. The molecular weight excluding hydrogens is 336 g/mol. The molecule has 1 saturated carbocycles. The van der Waals surface area contributed by atoms with Crippen molar-refractivity contribution in [2.75, 3.05) is 20.1 Å². The van der Waals surface area contributed by atoms with Crippen molar-refractivity contribution in [3.05, 3.63) is 54.5 Å². The summed E-state index contributed by atoms with van der Waals surface area (Å²) in [6.45, 7) is 4.47. The third kappa shape index (κ3) is 3.00. The minimum atomic E-state index is 0.115. The van der Waals surface area contributed by atoms with Gasteiger partial charge in [0, 0.05) is 25.4 Å². The number of para-hydroxylation sites is 2. The number of imidazole rings is 1. The van der Waals surface area contributed by atoms with Gasteiger partial charge in [-0.15, -0.1) is 0 Å². The lowest BCUT2D eigenvalue weighted by Crippen LogP contribution is -2.40. The summed E-state index contributed by atoms with van der Waals surface area (Å²) < 4.78 is 8.87. The standard InChI is InChI=1S/C22H26N4O/c1-15-24-18-7-3-4-8-19(18)26(15)20-11-16-13-25(2)14-17(16)12-21(20)27-22-9-5-6-10-23-22/h3-10,16-17,20-21H,11-14H2,1-2H3/t16-,17+,20-,21-/m0/s1. The maximum Gasteiger partial charge on any atom is 0.213 e. The predicted octanol–water partition coefficient (Wildman–Crippen LogP) is 3.70. The molecule has 5 nitrogen and oxygen atoms in total. The smallest absolute Gasteiger partial charge is 0.213 e. The van der Waals surface area contributed by atoms with Gasteiger partial charge in [0.05, 0.1) is 17.1 Å². The van der Waals surface area contributed by atoms with Crippen LogP contribution in [-0.2, 0) is 0 Å². The van der Waals surface area contributed by atoms with E-state index >= 15 is 0 Å². The number of rotatable bonds is 3. The molecule has 2 aromatic heterocycles. The normalized spacial score (nSPS) is 28.4. The maximum atomic E-state index is 6.46. The van der Waals surface area contributed by atoms with Crippen molar-refractivity contribution in [3.8, 4) is 5.88 Å². The highest BCUT2D eigenvalue weighted by Crippen LogP contribution is 2.43. The monoisotopic (exact) mass is 362 g/mol. The highest BCUT2D eigenvalue weighted by molar-refractivity contribution is 5.76. The van der Waals surface area contributed by atoms with Gasteiger partial charge >= 0.3 is 0 Å². The van der Waals surface area contributed by atoms with Crippen molar-refractivity contribution in [1.82, 2.24) is 19.4 Å². The minimum Gasteiger partial charge on any atom is -0.472 e. The van der Waals surface area contributed by atoms with Gasteiger partial charge in [-0.2, -0.15) is 0 Å². The first-order valence-electron chi connectivity index (χ1n) is 9.89. The van der Waals surface area contributed by atoms with Gasteiger partial charge < -0.3 is 14.2 Å². The number of fused-ring (bicyclic) bond motifs is 2. The molecule has 0 N–H and O–H groups in total. The zero-order valence-electron chi connectivity index (χ0n) is 16.0. The minimum absolute atomic E-state index is 0.115. The van der Waals surface area contributed by atoms with Crippen LogP contribution in [0.25, 0.3) is 11.0 Å². The highest BCUT2D eigenvalue weighted by atomic mass is 16.5. The molecule has 2 fully saturated rings. The molecule has 0 radical (unpaired) electrons. The van der Waals surface area contributed by atoms with Gasteiger partial charge in [-0.3, -0.25) is 0 Å². The SMILES string of the molecule is Cc1nc2ccccc2n1[C@H]1C[C@H]2CN(C)C[C@H]2C[C@@H]1Oc1ccccn1. The number of aromatic nitrogens is 3. The summed E-state index contributed by atoms with van der Waals surface area (Å²) in [5.41, 5.74) is 2.27. The van der Waals surface area contributed by atoms with Crippen LogP contribution >= 0.6 is 0 Å². The number of likely N-dealkylation sites (tertiary alicyclic amines) is 1. The molecule has 5 heteroatoms. The molecule has 0 amide bonds. The van der Waals surface area contributed by atoms with Gasteiger partial charge in [-0.05, 0) is 56.8 Å². The summed E-state index contributed by atoms with van der Waals surface area (Å²) in [6.07, 6.45) is 4.12. The number of pyridine rings is 1. The quantitative estimate of drug-likeness (QED) is 0.713. The van der Waals surface area contributed by atoms with E-state index in [4.69, 9.17) is 9.72 Å². The fourth-order valence-electron chi connectivity index (χ4n) is 5.18. The molecule has 5 rings (SSSR count). The summed E-state index contributed by atoms with van der Waals surface area (Å²) >= 11 is 0. The second-order valence-corrected chi connectivity index (χ2v) is 8.12. The Morgan fingerprint density at radius 1 is 1.00 bits per heavy atom. The van der Waals surface area contributed by atoms with E-state index in [9.17, 15) is 0 Å². The Morgan fingerprint density at radius 3 is 2.59 bits per heavy atom. The average molecular weight is 362 g/mol. The van der Waals surface area contributed by atoms with Crippen molar-refractivity contribution in [3.63, 3.8) is 0 Å². The van der Waals surface area contributed by atoms with E-state index in [-0.39, 0.29) is 12.1 Å². The number of benzene rings is 1. The molecule has 0 bridgehead atoms. The van der Waals surface area contributed by atoms with Crippen molar-refractivity contribution >= 4 is 11.0 Å². The number of ether oxygens (including phenoxy) is 1. The van der Waals surface area contributed by atoms with Crippen LogP contribution in [0, 0.1) is 18.8 Å². The van der Waals surface area contributed by atoms with Gasteiger partial charge in [0.2, 0.25) is 5.88 Å². The Balaban J connectivity index is 1.54. The van der Waals surface area contributed by atoms with E-state index in [1.54, 1.807) is 6.20 Å². The first kappa shape index (κ1) is 16.8. The molecule has 2 aliphatic rings. The first-order chi connectivity index (χ1) is 13.2. The number of aryl methyl sites for hydroxylation is 1. The summed E-state index contributed by atoms with van der Waals surface area (Å²) in [6, 6.07) is 14.6. The van der Waals surface area contributed by atoms with Crippen LogP contribution in [0.5, 0.6) is 5.88 Å². The number of hydrogen-bond donors (Lipinski definition) is 0. The molecule has 1 aliphatic heterocycles. The van der Waals surface area contributed by atoms with E-state index in [0.717, 1.165) is 36.0 Å². The molecule has 3 heterocycles. The molecule has 4 atom stereocenters. The van der Waals surface area contributed by atoms with Crippen molar-refractivity contribution < 1.29 is 4.74 Å². The van der Waals surface area contributed by atoms with Crippen LogP contribution in [0.3, 0.4) is 0 Å². The Morgan fingerprint density at radius 2 is 1.78 bits per heavy atom. The van der Waals surface area contributed by atoms with Gasteiger partial charge in [-0.1, -0.05) is 18.2 Å². The Labute approximate surface area is 160 Å². The van der Waals surface area contributed by atoms with Crippen LogP contribution in [-0.4, -0.2) is 45.7 Å². The molecule has 0 spiro atoms. The third-order valence-electron chi connectivity index (χ3n) is 6.28. The first-order valence-corrected chi connectivity index (χ1v) is 9.89. The second-order valence-electron chi connectivity index (χ2n) is 8.12. The molecule has 3 aromatic rings. The summed E-state index contributed by atoms with van der Waals surface area (Å²) in [4.78, 5) is 11.7. The molecule has 1 aromatic carbocycles. The number of nitrogens with zero attached hydrogens (tertiary/aromatic N) is 4. The average Bonchev–Trinajstić information content (AvgIpc) is 3.19. The predicted molar refractivity (Wildman–Crippen MR) is 106 cm³/mol. The number of hydrogen-bond acceptors (Lipinski definition) is 4.